The maximum atomic E-state index is 12.1. The average Bonchev–Trinajstić information content (AvgIpc) is 2.97. The summed E-state index contributed by atoms with van der Waals surface area (Å²) < 4.78 is 7.21. The Kier molecular flexibility index (Phi) is 3.72. The van der Waals surface area contributed by atoms with Crippen molar-refractivity contribution in [3.05, 3.63) is 30.1 Å². The number of imidazole rings is 1. The number of ether oxygens (including phenoxy) is 1. The molecule has 0 spiro atoms. The summed E-state index contributed by atoms with van der Waals surface area (Å²) in [6.45, 7) is 4.86. The van der Waals surface area contributed by atoms with Gasteiger partial charge >= 0.3 is 5.97 Å². The number of fused-ring (bicyclic) bond motifs is 1. The summed E-state index contributed by atoms with van der Waals surface area (Å²) in [6.07, 6.45) is 0.753. The van der Waals surface area contributed by atoms with E-state index in [1.165, 1.54) is 13.8 Å². The third-order valence-corrected chi connectivity index (χ3v) is 5.43. The second kappa shape index (κ2) is 5.43. The number of nitrogens with zero attached hydrogens (tertiary/aromatic N) is 2. The molecule has 2 heterocycles. The highest BCUT2D eigenvalue weighted by atomic mass is 32.2. The van der Waals surface area contributed by atoms with Gasteiger partial charge in [-0.25, -0.2) is 4.98 Å². The lowest BCUT2D eigenvalue weighted by Gasteiger charge is -2.29. The first-order valence-electron chi connectivity index (χ1n) is 7.22. The first-order valence-corrected chi connectivity index (χ1v) is 8.27. The third-order valence-electron chi connectivity index (χ3n) is 3.95. The van der Waals surface area contributed by atoms with Gasteiger partial charge in [-0.1, -0.05) is 12.1 Å². The van der Waals surface area contributed by atoms with E-state index in [1.54, 1.807) is 16.3 Å². The summed E-state index contributed by atoms with van der Waals surface area (Å²) in [6, 6.07) is 7.56. The van der Waals surface area contributed by atoms with Crippen molar-refractivity contribution < 1.29 is 14.3 Å². The molecule has 2 atom stereocenters. The number of aromatic nitrogens is 2. The van der Waals surface area contributed by atoms with Crippen LogP contribution < -0.4 is 0 Å². The fourth-order valence-corrected chi connectivity index (χ4v) is 4.60. The third kappa shape index (κ3) is 2.41. The monoisotopic (exact) mass is 318 g/mol. The molecule has 1 aliphatic rings. The van der Waals surface area contributed by atoms with Crippen LogP contribution in [0.2, 0.25) is 0 Å². The Hall–Kier alpha value is -1.82. The SMILES string of the molecule is CC(=O)O[C@]1(C)CCS[C@H]1c1nc2ccccc2n1C(C)=O. The van der Waals surface area contributed by atoms with Gasteiger partial charge in [0.2, 0.25) is 5.91 Å². The molecule has 1 fully saturated rings. The Bertz CT molecular complexity index is 755. The molecular weight excluding hydrogens is 300 g/mol. The molecule has 22 heavy (non-hydrogen) atoms. The zero-order valence-electron chi connectivity index (χ0n) is 12.8. The lowest BCUT2D eigenvalue weighted by Crippen LogP contribution is -2.34. The zero-order valence-corrected chi connectivity index (χ0v) is 13.6. The van der Waals surface area contributed by atoms with Gasteiger partial charge in [0.1, 0.15) is 16.7 Å². The largest absolute Gasteiger partial charge is 0.458 e. The van der Waals surface area contributed by atoms with Crippen molar-refractivity contribution >= 4 is 34.7 Å². The smallest absolute Gasteiger partial charge is 0.303 e. The van der Waals surface area contributed by atoms with Crippen LogP contribution in [0.5, 0.6) is 0 Å². The number of thioether (sulfide) groups is 1. The maximum absolute atomic E-state index is 12.1. The van der Waals surface area contributed by atoms with Crippen LogP contribution in [0.1, 0.15) is 43.1 Å². The summed E-state index contributed by atoms with van der Waals surface area (Å²) in [7, 11) is 0. The van der Waals surface area contributed by atoms with Crippen molar-refractivity contribution in [2.45, 2.75) is 38.0 Å². The van der Waals surface area contributed by atoms with E-state index in [0.29, 0.717) is 5.82 Å². The van der Waals surface area contributed by atoms with Crippen molar-refractivity contribution in [2.75, 3.05) is 5.75 Å². The minimum Gasteiger partial charge on any atom is -0.458 e. The van der Waals surface area contributed by atoms with Crippen molar-refractivity contribution in [3.8, 4) is 0 Å². The predicted molar refractivity (Wildman–Crippen MR) is 86.0 cm³/mol. The van der Waals surface area contributed by atoms with Crippen LogP contribution in [0.25, 0.3) is 11.0 Å². The predicted octanol–water partition coefficient (Wildman–Crippen LogP) is 3.20. The van der Waals surface area contributed by atoms with E-state index in [0.717, 1.165) is 23.2 Å². The summed E-state index contributed by atoms with van der Waals surface area (Å²) in [5.41, 5.74) is 0.943. The average molecular weight is 318 g/mol. The highest BCUT2D eigenvalue weighted by Crippen LogP contribution is 2.49. The van der Waals surface area contributed by atoms with Crippen LogP contribution in [-0.4, -0.2) is 32.8 Å². The molecule has 0 bridgehead atoms. The Morgan fingerprint density at radius 2 is 2.09 bits per heavy atom. The summed E-state index contributed by atoms with van der Waals surface area (Å²) in [5.74, 6) is 1.15. The van der Waals surface area contributed by atoms with Crippen molar-refractivity contribution in [3.63, 3.8) is 0 Å². The standard InChI is InChI=1S/C16H18N2O3S/c1-10(19)18-13-7-5-4-6-12(13)17-15(18)14-16(3,8-9-22-14)21-11(2)20/h4-7,14H,8-9H2,1-3H3/t14-,16+/m0/s1. The molecule has 5 nitrogen and oxygen atoms in total. The number of hydrogen-bond donors (Lipinski definition) is 0. The lowest BCUT2D eigenvalue weighted by molar-refractivity contribution is -0.155. The summed E-state index contributed by atoms with van der Waals surface area (Å²) in [4.78, 5) is 28.2. The van der Waals surface area contributed by atoms with Gasteiger partial charge < -0.3 is 4.74 Å². The van der Waals surface area contributed by atoms with Crippen LogP contribution in [0.3, 0.4) is 0 Å². The van der Waals surface area contributed by atoms with Crippen LogP contribution in [-0.2, 0) is 9.53 Å². The minimum atomic E-state index is -0.634. The number of esters is 1. The molecule has 0 unspecified atom stereocenters. The van der Waals surface area contributed by atoms with Crippen molar-refractivity contribution in [1.82, 2.24) is 9.55 Å². The molecule has 0 amide bonds. The van der Waals surface area contributed by atoms with Gasteiger partial charge in [-0.2, -0.15) is 0 Å². The van der Waals surface area contributed by atoms with Crippen LogP contribution >= 0.6 is 11.8 Å². The second-order valence-corrected chi connectivity index (χ2v) is 6.93. The van der Waals surface area contributed by atoms with Crippen molar-refractivity contribution in [2.24, 2.45) is 0 Å². The van der Waals surface area contributed by atoms with Crippen LogP contribution in [0.15, 0.2) is 24.3 Å². The van der Waals surface area contributed by atoms with Gasteiger partial charge in [-0.05, 0) is 31.2 Å². The Balaban J connectivity index is 2.15. The minimum absolute atomic E-state index is 0.0821. The van der Waals surface area contributed by atoms with E-state index in [-0.39, 0.29) is 17.1 Å². The van der Waals surface area contributed by atoms with E-state index in [9.17, 15) is 9.59 Å². The normalized spacial score (nSPS) is 24.6. The molecule has 116 valence electrons. The Morgan fingerprint density at radius 3 is 2.77 bits per heavy atom. The second-order valence-electron chi connectivity index (χ2n) is 5.72. The molecule has 3 rings (SSSR count). The number of carbonyl (C=O) groups is 2. The molecule has 2 aromatic rings. The highest BCUT2D eigenvalue weighted by molar-refractivity contribution is 7.99. The molecule has 0 saturated carbocycles. The Morgan fingerprint density at radius 1 is 1.36 bits per heavy atom. The molecule has 0 radical (unpaired) electrons. The first kappa shape index (κ1) is 15.1. The van der Waals surface area contributed by atoms with Gasteiger partial charge in [-0.15, -0.1) is 11.8 Å². The molecule has 1 aromatic heterocycles. The number of rotatable bonds is 2. The van der Waals surface area contributed by atoms with E-state index in [2.05, 4.69) is 4.98 Å². The number of para-hydroxylation sites is 2. The van der Waals surface area contributed by atoms with Gasteiger partial charge in [0, 0.05) is 13.8 Å². The van der Waals surface area contributed by atoms with E-state index >= 15 is 0 Å². The van der Waals surface area contributed by atoms with Crippen LogP contribution in [0.4, 0.5) is 0 Å². The molecule has 1 aliphatic heterocycles. The van der Waals surface area contributed by atoms with Gasteiger partial charge in [0.15, 0.2) is 0 Å². The molecule has 0 N–H and O–H groups in total. The quantitative estimate of drug-likeness (QED) is 0.796. The van der Waals surface area contributed by atoms with E-state index in [4.69, 9.17) is 4.74 Å². The topological polar surface area (TPSA) is 61.2 Å². The molecule has 1 saturated heterocycles. The maximum Gasteiger partial charge on any atom is 0.303 e. The van der Waals surface area contributed by atoms with E-state index in [1.807, 2.05) is 31.2 Å². The lowest BCUT2D eigenvalue weighted by atomic mass is 9.98. The van der Waals surface area contributed by atoms with E-state index < -0.39 is 5.60 Å². The van der Waals surface area contributed by atoms with Gasteiger partial charge in [0.25, 0.3) is 0 Å². The Labute approximate surface area is 133 Å². The van der Waals surface area contributed by atoms with Gasteiger partial charge in [-0.3, -0.25) is 14.2 Å². The molecular formula is C16H18N2O3S. The first-order chi connectivity index (χ1) is 10.4. The summed E-state index contributed by atoms with van der Waals surface area (Å²) in [5, 5.41) is -0.146. The molecule has 0 aliphatic carbocycles. The highest BCUT2D eigenvalue weighted by Gasteiger charge is 2.46. The fourth-order valence-electron chi connectivity index (χ4n) is 3.02. The van der Waals surface area contributed by atoms with Crippen LogP contribution in [0, 0.1) is 0 Å². The fraction of sp³-hybridized carbons (Fsp3) is 0.438. The van der Waals surface area contributed by atoms with Gasteiger partial charge in [0.05, 0.1) is 11.0 Å². The number of hydrogen-bond acceptors (Lipinski definition) is 5. The van der Waals surface area contributed by atoms with Crippen molar-refractivity contribution in [1.29, 1.82) is 0 Å². The number of benzene rings is 1. The molecule has 1 aromatic carbocycles. The number of carbonyl (C=O) groups excluding carboxylic acids is 2. The molecule has 6 heteroatoms. The summed E-state index contributed by atoms with van der Waals surface area (Å²) >= 11 is 1.68. The zero-order chi connectivity index (χ0) is 15.9.